The molecule has 0 aromatic carbocycles. The average Bonchev–Trinajstić information content (AvgIpc) is 2.99. The number of ketones is 1. The molecule has 4 heteroatoms. The highest BCUT2D eigenvalue weighted by Gasteiger charge is 2.59. The van der Waals surface area contributed by atoms with Gasteiger partial charge in [0.1, 0.15) is 0 Å². The monoisotopic (exact) mass is 411 g/mol. The third-order valence-corrected chi connectivity index (χ3v) is 9.43. The number of allylic oxidation sites excluding steroid dienone is 1. The molecule has 3 fully saturated rings. The predicted molar refractivity (Wildman–Crippen MR) is 114 cm³/mol. The van der Waals surface area contributed by atoms with Gasteiger partial charge in [-0.1, -0.05) is 19.4 Å². The van der Waals surface area contributed by atoms with E-state index >= 15 is 0 Å². The average molecular weight is 412 g/mol. The van der Waals surface area contributed by atoms with Crippen molar-refractivity contribution in [3.05, 3.63) is 11.6 Å². The van der Waals surface area contributed by atoms with Crippen molar-refractivity contribution >= 4 is 29.0 Å². The van der Waals surface area contributed by atoms with Gasteiger partial charge in [-0.3, -0.25) is 9.69 Å². The molecule has 0 heterocycles. The van der Waals surface area contributed by atoms with Crippen LogP contribution in [0.5, 0.6) is 0 Å². The Morgan fingerprint density at radius 1 is 1.00 bits per heavy atom. The van der Waals surface area contributed by atoms with Gasteiger partial charge in [0.15, 0.2) is 5.78 Å². The van der Waals surface area contributed by atoms with Crippen molar-refractivity contribution in [3.8, 4) is 0 Å². The summed E-state index contributed by atoms with van der Waals surface area (Å²) in [5.74, 6) is 4.18. The van der Waals surface area contributed by atoms with Gasteiger partial charge in [0.2, 0.25) is 0 Å². The molecule has 0 unspecified atom stereocenters. The number of fused-ring (bicyclic) bond motifs is 5. The highest BCUT2D eigenvalue weighted by Crippen LogP contribution is 2.65. The highest BCUT2D eigenvalue weighted by atomic mass is 35.5. The SMILES string of the molecule is C[C@]12CC[C@H]3[C@@H](CCC4=CC(=O)CC[C@@]43C)[C@@H]1CC[C@@H]2N(CCCl)CCCl. The first kappa shape index (κ1) is 20.2. The number of hydrogen-bond donors (Lipinski definition) is 0. The first-order valence-corrected chi connectivity index (χ1v) is 12.1. The Kier molecular flexibility index (Phi) is 5.73. The molecule has 0 aliphatic heterocycles. The van der Waals surface area contributed by atoms with E-state index in [0.29, 0.717) is 29.0 Å². The predicted octanol–water partition coefficient (Wildman–Crippen LogP) is 5.67. The van der Waals surface area contributed by atoms with Gasteiger partial charge in [-0.05, 0) is 79.6 Å². The first-order chi connectivity index (χ1) is 12.9. The number of halogens is 2. The van der Waals surface area contributed by atoms with Crippen LogP contribution in [0.25, 0.3) is 0 Å². The minimum Gasteiger partial charge on any atom is -0.297 e. The summed E-state index contributed by atoms with van der Waals surface area (Å²) >= 11 is 12.3. The molecule has 4 rings (SSSR count). The number of hydrogen-bond acceptors (Lipinski definition) is 2. The largest absolute Gasteiger partial charge is 0.297 e. The van der Waals surface area contributed by atoms with E-state index in [4.69, 9.17) is 23.2 Å². The lowest BCUT2D eigenvalue weighted by molar-refractivity contribution is -0.117. The highest BCUT2D eigenvalue weighted by molar-refractivity contribution is 6.18. The maximum atomic E-state index is 12.0. The molecule has 152 valence electrons. The molecule has 0 N–H and O–H groups in total. The first-order valence-electron chi connectivity index (χ1n) is 11.0. The van der Waals surface area contributed by atoms with Crippen molar-refractivity contribution in [2.45, 2.75) is 71.3 Å². The zero-order valence-corrected chi connectivity index (χ0v) is 18.5. The van der Waals surface area contributed by atoms with Crippen molar-refractivity contribution in [2.75, 3.05) is 24.8 Å². The lowest BCUT2D eigenvalue weighted by atomic mass is 9.47. The van der Waals surface area contributed by atoms with E-state index in [-0.39, 0.29) is 5.41 Å². The maximum absolute atomic E-state index is 12.0. The second-order valence-electron chi connectivity index (χ2n) is 10.0. The molecule has 2 nitrogen and oxygen atoms in total. The molecule has 0 amide bonds. The van der Waals surface area contributed by atoms with Crippen LogP contribution in [0.1, 0.15) is 65.2 Å². The van der Waals surface area contributed by atoms with E-state index < -0.39 is 0 Å². The Balaban J connectivity index is 1.59. The number of carbonyl (C=O) groups is 1. The Morgan fingerprint density at radius 3 is 2.44 bits per heavy atom. The molecule has 0 aromatic rings. The molecule has 3 saturated carbocycles. The summed E-state index contributed by atoms with van der Waals surface area (Å²) in [6.07, 6.45) is 11.6. The van der Waals surface area contributed by atoms with Crippen LogP contribution in [0.2, 0.25) is 0 Å². The molecule has 0 radical (unpaired) electrons. The van der Waals surface area contributed by atoms with Gasteiger partial charge in [0, 0.05) is 37.3 Å². The van der Waals surface area contributed by atoms with Gasteiger partial charge in [0.05, 0.1) is 0 Å². The van der Waals surface area contributed by atoms with Crippen LogP contribution in [0.4, 0.5) is 0 Å². The van der Waals surface area contributed by atoms with Crippen LogP contribution in [0.3, 0.4) is 0 Å². The Hall–Kier alpha value is -0.0500. The lowest BCUT2D eigenvalue weighted by Crippen LogP contribution is -2.54. The minimum atomic E-state index is 0.280. The van der Waals surface area contributed by atoms with E-state index in [1.165, 1.54) is 37.7 Å². The molecular formula is C23H35Cl2NO. The zero-order valence-electron chi connectivity index (χ0n) is 17.0. The minimum absolute atomic E-state index is 0.280. The van der Waals surface area contributed by atoms with Crippen LogP contribution in [0, 0.1) is 28.6 Å². The summed E-state index contributed by atoms with van der Waals surface area (Å²) in [4.78, 5) is 14.6. The fourth-order valence-corrected chi connectivity index (χ4v) is 8.21. The van der Waals surface area contributed by atoms with Gasteiger partial charge in [-0.2, -0.15) is 0 Å². The van der Waals surface area contributed by atoms with Crippen molar-refractivity contribution < 1.29 is 4.79 Å². The number of alkyl halides is 2. The van der Waals surface area contributed by atoms with Crippen molar-refractivity contribution in [1.82, 2.24) is 4.90 Å². The zero-order chi connectivity index (χ0) is 19.2. The standard InChI is InChI=1S/C23H35Cl2NO/c1-22-9-7-17(27)15-16(22)3-4-18-19-5-6-21(26(13-11-24)14-12-25)23(19,2)10-8-20(18)22/h15,18-21H,3-14H2,1-2H3/t18-,19-,20-,21-,22-,23-/m0/s1. The Morgan fingerprint density at radius 2 is 1.74 bits per heavy atom. The molecule has 0 saturated heterocycles. The smallest absolute Gasteiger partial charge is 0.155 e. The van der Waals surface area contributed by atoms with E-state index in [0.717, 1.165) is 50.1 Å². The van der Waals surface area contributed by atoms with Crippen LogP contribution in [-0.4, -0.2) is 41.6 Å². The third-order valence-electron chi connectivity index (χ3n) is 9.10. The van der Waals surface area contributed by atoms with Crippen LogP contribution < -0.4 is 0 Å². The third kappa shape index (κ3) is 3.22. The number of carbonyl (C=O) groups excluding carboxylic acids is 1. The molecule has 0 aromatic heterocycles. The maximum Gasteiger partial charge on any atom is 0.155 e. The van der Waals surface area contributed by atoms with Crippen molar-refractivity contribution in [1.29, 1.82) is 0 Å². The number of nitrogens with zero attached hydrogens (tertiary/aromatic N) is 1. The molecule has 6 atom stereocenters. The summed E-state index contributed by atoms with van der Waals surface area (Å²) in [5, 5.41) is 0. The summed E-state index contributed by atoms with van der Waals surface area (Å²) in [7, 11) is 0. The summed E-state index contributed by atoms with van der Waals surface area (Å²) in [5.41, 5.74) is 2.16. The van der Waals surface area contributed by atoms with Crippen LogP contribution in [0.15, 0.2) is 11.6 Å². The van der Waals surface area contributed by atoms with Gasteiger partial charge in [0.25, 0.3) is 0 Å². The summed E-state index contributed by atoms with van der Waals surface area (Å²) < 4.78 is 0. The molecule has 4 aliphatic rings. The van der Waals surface area contributed by atoms with Gasteiger partial charge >= 0.3 is 0 Å². The van der Waals surface area contributed by atoms with Crippen LogP contribution >= 0.6 is 23.2 Å². The molecule has 27 heavy (non-hydrogen) atoms. The molecule has 4 aliphatic carbocycles. The van der Waals surface area contributed by atoms with Crippen LogP contribution in [-0.2, 0) is 4.79 Å². The molecular weight excluding hydrogens is 377 g/mol. The quantitative estimate of drug-likeness (QED) is 0.543. The van der Waals surface area contributed by atoms with Gasteiger partial charge < -0.3 is 0 Å². The van der Waals surface area contributed by atoms with Crippen molar-refractivity contribution in [3.63, 3.8) is 0 Å². The van der Waals surface area contributed by atoms with E-state index in [1.54, 1.807) is 0 Å². The van der Waals surface area contributed by atoms with E-state index in [9.17, 15) is 4.79 Å². The Labute approximate surface area is 175 Å². The van der Waals surface area contributed by atoms with Crippen molar-refractivity contribution in [2.24, 2.45) is 28.6 Å². The summed E-state index contributed by atoms with van der Waals surface area (Å²) in [6, 6.07) is 0.638. The lowest BCUT2D eigenvalue weighted by Gasteiger charge is -2.58. The topological polar surface area (TPSA) is 20.3 Å². The van der Waals surface area contributed by atoms with Gasteiger partial charge in [-0.25, -0.2) is 0 Å². The molecule has 0 spiro atoms. The molecule has 0 bridgehead atoms. The van der Waals surface area contributed by atoms with E-state index in [2.05, 4.69) is 18.7 Å². The van der Waals surface area contributed by atoms with E-state index in [1.807, 2.05) is 6.08 Å². The fraction of sp³-hybridized carbons (Fsp3) is 0.870. The normalized spacial score (nSPS) is 43.9. The van der Waals surface area contributed by atoms with Gasteiger partial charge in [-0.15, -0.1) is 23.2 Å². The second-order valence-corrected chi connectivity index (χ2v) is 10.8. The fourth-order valence-electron chi connectivity index (χ4n) is 7.77. The number of rotatable bonds is 5. The summed E-state index contributed by atoms with van der Waals surface area (Å²) in [6.45, 7) is 6.97. The second kappa shape index (κ2) is 7.65. The Bertz CT molecular complexity index is 613.